The van der Waals surface area contributed by atoms with Crippen LogP contribution in [-0.4, -0.2) is 13.1 Å². The van der Waals surface area contributed by atoms with Crippen molar-refractivity contribution in [1.82, 2.24) is 5.32 Å². The fraction of sp³-hybridized carbons (Fsp3) is 0.353. The third-order valence-corrected chi connectivity index (χ3v) is 4.63. The van der Waals surface area contributed by atoms with Gasteiger partial charge in [-0.1, -0.05) is 42.8 Å². The van der Waals surface area contributed by atoms with E-state index < -0.39 is 5.54 Å². The first-order valence-electron chi connectivity index (χ1n) is 7.05. The molecule has 0 radical (unpaired) electrons. The zero-order valence-corrected chi connectivity index (χ0v) is 13.5. The molecule has 21 heavy (non-hydrogen) atoms. The number of nitrogens with one attached hydrogen (secondary N) is 1. The predicted molar refractivity (Wildman–Crippen MR) is 86.3 cm³/mol. The molecule has 1 atom stereocenters. The molecule has 0 bridgehead atoms. The zero-order chi connectivity index (χ0) is 15.3. The monoisotopic (exact) mass is 303 g/mol. The van der Waals surface area contributed by atoms with Crippen LogP contribution in [0.4, 0.5) is 0 Å². The zero-order valence-electron chi connectivity index (χ0n) is 12.7. The first kappa shape index (κ1) is 15.7. The Bertz CT molecular complexity index is 577. The molecule has 0 aliphatic heterocycles. The minimum atomic E-state index is -0.799. The maximum atomic E-state index is 12.4. The second kappa shape index (κ2) is 6.87. The lowest BCUT2D eigenvalue weighted by Gasteiger charge is -2.31. The Morgan fingerprint density at radius 3 is 2.52 bits per heavy atom. The fourth-order valence-corrected chi connectivity index (χ4v) is 3.07. The van der Waals surface area contributed by atoms with Crippen LogP contribution in [-0.2, 0) is 21.6 Å². The first-order chi connectivity index (χ1) is 10.1. The summed E-state index contributed by atoms with van der Waals surface area (Å²) in [6.45, 7) is 4.68. The van der Waals surface area contributed by atoms with Gasteiger partial charge in [0.15, 0.2) is 0 Å². The minimum Gasteiger partial charge on any atom is -0.467 e. The summed E-state index contributed by atoms with van der Waals surface area (Å²) >= 11 is 1.68. The van der Waals surface area contributed by atoms with Gasteiger partial charge in [-0.05, 0) is 30.4 Å². The number of methoxy groups -OCH3 is 1. The van der Waals surface area contributed by atoms with Gasteiger partial charge in [-0.3, -0.25) is 5.32 Å². The molecule has 4 heteroatoms. The number of rotatable bonds is 6. The van der Waals surface area contributed by atoms with Crippen molar-refractivity contribution in [3.05, 3.63) is 57.8 Å². The van der Waals surface area contributed by atoms with Gasteiger partial charge in [0.1, 0.15) is 5.54 Å². The number of esters is 1. The van der Waals surface area contributed by atoms with E-state index in [-0.39, 0.29) is 5.97 Å². The van der Waals surface area contributed by atoms with E-state index in [1.54, 1.807) is 11.3 Å². The Morgan fingerprint density at radius 2 is 2.00 bits per heavy atom. The standard InChI is InChI=1S/C17H21NO2S/c1-4-17(16(19)20-3,14-9-7-13(2)8-10-14)18-12-15-6-5-11-21-15/h5-11,18H,4,12H2,1-3H3. The molecular weight excluding hydrogens is 282 g/mol. The van der Waals surface area contributed by atoms with Crippen LogP contribution in [0.3, 0.4) is 0 Å². The van der Waals surface area contributed by atoms with Crippen molar-refractivity contribution in [1.29, 1.82) is 0 Å². The van der Waals surface area contributed by atoms with Crippen LogP contribution in [0, 0.1) is 6.92 Å². The summed E-state index contributed by atoms with van der Waals surface area (Å²) in [5, 5.41) is 5.44. The van der Waals surface area contributed by atoms with Crippen molar-refractivity contribution < 1.29 is 9.53 Å². The molecule has 0 fully saturated rings. The van der Waals surface area contributed by atoms with Gasteiger partial charge in [0.25, 0.3) is 0 Å². The topological polar surface area (TPSA) is 38.3 Å². The average Bonchev–Trinajstić information content (AvgIpc) is 3.02. The highest BCUT2D eigenvalue weighted by molar-refractivity contribution is 7.09. The minimum absolute atomic E-state index is 0.245. The van der Waals surface area contributed by atoms with E-state index in [0.717, 1.165) is 5.56 Å². The summed E-state index contributed by atoms with van der Waals surface area (Å²) in [7, 11) is 1.44. The van der Waals surface area contributed by atoms with E-state index in [1.807, 2.05) is 49.6 Å². The number of hydrogen-bond donors (Lipinski definition) is 1. The second-order valence-electron chi connectivity index (χ2n) is 5.05. The van der Waals surface area contributed by atoms with Crippen LogP contribution in [0.25, 0.3) is 0 Å². The van der Waals surface area contributed by atoms with Gasteiger partial charge in [0.2, 0.25) is 0 Å². The summed E-state index contributed by atoms with van der Waals surface area (Å²) in [6.07, 6.45) is 0.633. The number of thiophene rings is 1. The predicted octanol–water partition coefficient (Wildman–Crippen LogP) is 3.62. The Hall–Kier alpha value is -1.65. The highest BCUT2D eigenvalue weighted by Gasteiger charge is 2.39. The highest BCUT2D eigenvalue weighted by atomic mass is 32.1. The maximum absolute atomic E-state index is 12.4. The van der Waals surface area contributed by atoms with E-state index >= 15 is 0 Å². The smallest absolute Gasteiger partial charge is 0.330 e. The van der Waals surface area contributed by atoms with Crippen LogP contribution in [0.5, 0.6) is 0 Å². The van der Waals surface area contributed by atoms with Crippen molar-refractivity contribution >= 4 is 17.3 Å². The van der Waals surface area contributed by atoms with Gasteiger partial charge < -0.3 is 4.74 Å². The average molecular weight is 303 g/mol. The number of hydrogen-bond acceptors (Lipinski definition) is 4. The van der Waals surface area contributed by atoms with Crippen LogP contribution in [0.2, 0.25) is 0 Å². The third kappa shape index (κ3) is 3.34. The van der Waals surface area contributed by atoms with Gasteiger partial charge >= 0.3 is 5.97 Å². The molecule has 0 spiro atoms. The van der Waals surface area contributed by atoms with E-state index in [1.165, 1.54) is 17.6 Å². The second-order valence-corrected chi connectivity index (χ2v) is 6.08. The molecule has 1 unspecified atom stereocenters. The van der Waals surface area contributed by atoms with E-state index in [9.17, 15) is 4.79 Å². The molecule has 2 rings (SSSR count). The quantitative estimate of drug-likeness (QED) is 0.828. The lowest BCUT2D eigenvalue weighted by atomic mass is 9.86. The van der Waals surface area contributed by atoms with Crippen molar-refractivity contribution in [2.45, 2.75) is 32.4 Å². The van der Waals surface area contributed by atoms with Gasteiger partial charge in [-0.2, -0.15) is 0 Å². The van der Waals surface area contributed by atoms with Crippen LogP contribution < -0.4 is 5.32 Å². The molecule has 0 aliphatic carbocycles. The molecule has 2 aromatic rings. The molecule has 3 nitrogen and oxygen atoms in total. The number of carbonyl (C=O) groups excluding carboxylic acids is 1. The molecule has 1 aromatic carbocycles. The molecular formula is C17H21NO2S. The molecule has 0 amide bonds. The Labute approximate surface area is 130 Å². The Kier molecular flexibility index (Phi) is 5.15. The first-order valence-corrected chi connectivity index (χ1v) is 7.93. The largest absolute Gasteiger partial charge is 0.467 e. The Morgan fingerprint density at radius 1 is 1.29 bits per heavy atom. The van der Waals surface area contributed by atoms with Crippen molar-refractivity contribution in [3.8, 4) is 0 Å². The maximum Gasteiger partial charge on any atom is 0.330 e. The number of carbonyl (C=O) groups is 1. The van der Waals surface area contributed by atoms with Crippen molar-refractivity contribution in [2.75, 3.05) is 7.11 Å². The summed E-state index contributed by atoms with van der Waals surface area (Å²) in [6, 6.07) is 12.1. The third-order valence-electron chi connectivity index (χ3n) is 3.75. The van der Waals surface area contributed by atoms with E-state index in [2.05, 4.69) is 11.4 Å². The molecule has 0 saturated carbocycles. The van der Waals surface area contributed by atoms with E-state index in [4.69, 9.17) is 4.74 Å². The molecule has 1 heterocycles. The van der Waals surface area contributed by atoms with Crippen molar-refractivity contribution in [3.63, 3.8) is 0 Å². The molecule has 112 valence electrons. The van der Waals surface area contributed by atoms with Gasteiger partial charge in [0.05, 0.1) is 7.11 Å². The molecule has 1 aromatic heterocycles. The lowest BCUT2D eigenvalue weighted by molar-refractivity contribution is -0.149. The summed E-state index contributed by atoms with van der Waals surface area (Å²) in [5.41, 5.74) is 1.32. The van der Waals surface area contributed by atoms with Crippen LogP contribution in [0.1, 0.15) is 29.3 Å². The van der Waals surface area contributed by atoms with Crippen LogP contribution in [0.15, 0.2) is 41.8 Å². The molecule has 0 saturated heterocycles. The van der Waals surface area contributed by atoms with Gasteiger partial charge in [0, 0.05) is 11.4 Å². The summed E-state index contributed by atoms with van der Waals surface area (Å²) in [4.78, 5) is 13.6. The highest BCUT2D eigenvalue weighted by Crippen LogP contribution is 2.28. The Balaban J connectivity index is 2.32. The van der Waals surface area contributed by atoms with E-state index in [0.29, 0.717) is 13.0 Å². The van der Waals surface area contributed by atoms with Crippen molar-refractivity contribution in [2.24, 2.45) is 0 Å². The summed E-state index contributed by atoms with van der Waals surface area (Å²) < 4.78 is 5.06. The SMILES string of the molecule is CCC(NCc1cccs1)(C(=O)OC)c1ccc(C)cc1. The molecule has 1 N–H and O–H groups in total. The van der Waals surface area contributed by atoms with Gasteiger partial charge in [-0.15, -0.1) is 11.3 Å². The number of benzene rings is 1. The van der Waals surface area contributed by atoms with Gasteiger partial charge in [-0.25, -0.2) is 4.79 Å². The van der Waals surface area contributed by atoms with Crippen LogP contribution >= 0.6 is 11.3 Å². The molecule has 0 aliphatic rings. The lowest BCUT2D eigenvalue weighted by Crippen LogP contribution is -2.49. The number of aryl methyl sites for hydroxylation is 1. The fourth-order valence-electron chi connectivity index (χ4n) is 2.43. The number of ether oxygens (including phenoxy) is 1. The summed E-state index contributed by atoms with van der Waals surface area (Å²) in [5.74, 6) is -0.245. The normalized spacial score (nSPS) is 13.7.